The summed E-state index contributed by atoms with van der Waals surface area (Å²) in [4.78, 5) is 11.3. The second-order valence-electron chi connectivity index (χ2n) is 4.97. The number of hydrogen-bond donors (Lipinski definition) is 2. The molecule has 0 atom stereocenters. The maximum atomic E-state index is 11.3. The summed E-state index contributed by atoms with van der Waals surface area (Å²) in [6.07, 6.45) is 1.29. The molecule has 0 fully saturated rings. The third-order valence-corrected chi connectivity index (χ3v) is 2.21. The monoisotopic (exact) mass is 225 g/mol. The molecule has 16 heavy (non-hydrogen) atoms. The van der Waals surface area contributed by atoms with Gasteiger partial charge in [-0.25, -0.2) is 0 Å². The predicted molar refractivity (Wildman–Crippen MR) is 64.8 cm³/mol. The van der Waals surface area contributed by atoms with Gasteiger partial charge in [0.05, 0.1) is 11.5 Å². The van der Waals surface area contributed by atoms with Gasteiger partial charge in [0.1, 0.15) is 0 Å². The van der Waals surface area contributed by atoms with E-state index in [1.54, 1.807) is 0 Å². The number of nitrogens with one attached hydrogen (secondary N) is 2. The second-order valence-corrected chi connectivity index (χ2v) is 4.97. The van der Waals surface area contributed by atoms with E-state index in [0.717, 1.165) is 13.0 Å². The molecule has 4 heteroatoms. The molecule has 0 bridgehead atoms. The van der Waals surface area contributed by atoms with Crippen molar-refractivity contribution < 1.29 is 4.79 Å². The molecule has 0 spiro atoms. The summed E-state index contributed by atoms with van der Waals surface area (Å²) in [5.74, 6) is 0.0713. The van der Waals surface area contributed by atoms with Crippen molar-refractivity contribution in [2.45, 2.75) is 46.6 Å². The second kappa shape index (κ2) is 7.24. The Morgan fingerprint density at radius 3 is 2.50 bits per heavy atom. The SMILES string of the molecule is CC(C)NC(=O)CCNCCC(C)(C)C#N. The van der Waals surface area contributed by atoms with E-state index in [9.17, 15) is 4.79 Å². The molecule has 0 aromatic carbocycles. The summed E-state index contributed by atoms with van der Waals surface area (Å²) in [7, 11) is 0. The number of carbonyl (C=O) groups excluding carboxylic acids is 1. The third-order valence-electron chi connectivity index (χ3n) is 2.21. The molecule has 1 amide bonds. The zero-order chi connectivity index (χ0) is 12.6. The molecule has 0 aromatic rings. The zero-order valence-electron chi connectivity index (χ0n) is 10.8. The summed E-state index contributed by atoms with van der Waals surface area (Å²) in [6, 6.07) is 2.45. The molecule has 0 aromatic heterocycles. The van der Waals surface area contributed by atoms with Crippen molar-refractivity contribution in [3.05, 3.63) is 0 Å². The van der Waals surface area contributed by atoms with Gasteiger partial charge in [0.2, 0.25) is 5.91 Å². The lowest BCUT2D eigenvalue weighted by Crippen LogP contribution is -2.33. The molecule has 0 radical (unpaired) electrons. The van der Waals surface area contributed by atoms with Crippen molar-refractivity contribution in [1.29, 1.82) is 5.26 Å². The predicted octanol–water partition coefficient (Wildman–Crippen LogP) is 1.43. The average Bonchev–Trinajstić information content (AvgIpc) is 2.16. The van der Waals surface area contributed by atoms with Crippen molar-refractivity contribution in [2.75, 3.05) is 13.1 Å². The van der Waals surface area contributed by atoms with Crippen LogP contribution in [-0.2, 0) is 4.79 Å². The van der Waals surface area contributed by atoms with Gasteiger partial charge in [-0.2, -0.15) is 5.26 Å². The van der Waals surface area contributed by atoms with E-state index in [1.165, 1.54) is 0 Å². The lowest BCUT2D eigenvalue weighted by Gasteiger charge is -2.15. The molecule has 0 aliphatic carbocycles. The van der Waals surface area contributed by atoms with E-state index >= 15 is 0 Å². The standard InChI is InChI=1S/C12H23N3O/c1-10(2)15-11(16)5-7-14-8-6-12(3,4)9-13/h10,14H,5-8H2,1-4H3,(H,15,16). The van der Waals surface area contributed by atoms with Crippen LogP contribution in [-0.4, -0.2) is 25.0 Å². The first-order valence-corrected chi connectivity index (χ1v) is 5.79. The highest BCUT2D eigenvalue weighted by atomic mass is 16.1. The fourth-order valence-corrected chi connectivity index (χ4v) is 1.18. The van der Waals surface area contributed by atoms with Crippen molar-refractivity contribution in [3.63, 3.8) is 0 Å². The Kier molecular flexibility index (Phi) is 6.75. The summed E-state index contributed by atoms with van der Waals surface area (Å²) in [5.41, 5.74) is -0.285. The Hall–Kier alpha value is -1.08. The van der Waals surface area contributed by atoms with E-state index in [4.69, 9.17) is 5.26 Å². The van der Waals surface area contributed by atoms with Crippen LogP contribution in [0.3, 0.4) is 0 Å². The highest BCUT2D eigenvalue weighted by Crippen LogP contribution is 2.16. The van der Waals surface area contributed by atoms with Crippen LogP contribution in [0.1, 0.15) is 40.5 Å². The van der Waals surface area contributed by atoms with E-state index in [-0.39, 0.29) is 17.4 Å². The maximum Gasteiger partial charge on any atom is 0.221 e. The first kappa shape index (κ1) is 14.9. The largest absolute Gasteiger partial charge is 0.354 e. The maximum absolute atomic E-state index is 11.3. The van der Waals surface area contributed by atoms with Gasteiger partial charge >= 0.3 is 0 Å². The van der Waals surface area contributed by atoms with Gasteiger partial charge in [-0.3, -0.25) is 4.79 Å². The Balaban J connectivity index is 3.48. The van der Waals surface area contributed by atoms with Crippen molar-refractivity contribution in [1.82, 2.24) is 10.6 Å². The van der Waals surface area contributed by atoms with Crippen molar-refractivity contribution in [3.8, 4) is 6.07 Å². The smallest absolute Gasteiger partial charge is 0.221 e. The highest BCUT2D eigenvalue weighted by Gasteiger charge is 2.15. The fourth-order valence-electron chi connectivity index (χ4n) is 1.18. The minimum atomic E-state index is -0.285. The van der Waals surface area contributed by atoms with Crippen LogP contribution in [0.4, 0.5) is 0 Å². The number of nitrogens with zero attached hydrogens (tertiary/aromatic N) is 1. The lowest BCUT2D eigenvalue weighted by atomic mass is 9.91. The Labute approximate surface area is 98.4 Å². The minimum Gasteiger partial charge on any atom is -0.354 e. The minimum absolute atomic E-state index is 0.0713. The number of amides is 1. The van der Waals surface area contributed by atoms with Crippen LogP contribution in [0.15, 0.2) is 0 Å². The Morgan fingerprint density at radius 2 is 2.00 bits per heavy atom. The van der Waals surface area contributed by atoms with Gasteiger partial charge in [0.25, 0.3) is 0 Å². The van der Waals surface area contributed by atoms with Gasteiger partial charge < -0.3 is 10.6 Å². The molecule has 4 nitrogen and oxygen atoms in total. The van der Waals surface area contributed by atoms with E-state index in [2.05, 4.69) is 16.7 Å². The molecule has 0 aliphatic rings. The van der Waals surface area contributed by atoms with E-state index in [0.29, 0.717) is 13.0 Å². The molecule has 92 valence electrons. The fraction of sp³-hybridized carbons (Fsp3) is 0.833. The molecule has 0 heterocycles. The topological polar surface area (TPSA) is 64.9 Å². The van der Waals surface area contributed by atoms with Crippen LogP contribution < -0.4 is 10.6 Å². The average molecular weight is 225 g/mol. The van der Waals surface area contributed by atoms with Crippen molar-refractivity contribution in [2.24, 2.45) is 5.41 Å². The molecule has 0 rings (SSSR count). The molecule has 0 saturated heterocycles. The quantitative estimate of drug-likeness (QED) is 0.644. The third kappa shape index (κ3) is 8.25. The molecule has 0 aliphatic heterocycles. The summed E-state index contributed by atoms with van der Waals surface area (Å²) in [5, 5.41) is 14.8. The number of nitriles is 1. The van der Waals surface area contributed by atoms with Crippen LogP contribution in [0, 0.1) is 16.7 Å². The number of hydrogen-bond acceptors (Lipinski definition) is 3. The van der Waals surface area contributed by atoms with Gasteiger partial charge in [0, 0.05) is 19.0 Å². The van der Waals surface area contributed by atoms with Crippen LogP contribution in [0.2, 0.25) is 0 Å². The number of carbonyl (C=O) groups is 1. The van der Waals surface area contributed by atoms with Crippen molar-refractivity contribution >= 4 is 5.91 Å². The zero-order valence-corrected chi connectivity index (χ0v) is 10.8. The lowest BCUT2D eigenvalue weighted by molar-refractivity contribution is -0.121. The van der Waals surface area contributed by atoms with Gasteiger partial charge in [-0.05, 0) is 40.7 Å². The first-order chi connectivity index (χ1) is 7.37. The highest BCUT2D eigenvalue weighted by molar-refractivity contribution is 5.76. The van der Waals surface area contributed by atoms with Gasteiger partial charge in [-0.1, -0.05) is 0 Å². The van der Waals surface area contributed by atoms with Gasteiger partial charge in [-0.15, -0.1) is 0 Å². The molecular weight excluding hydrogens is 202 g/mol. The van der Waals surface area contributed by atoms with Crippen LogP contribution >= 0.6 is 0 Å². The molecule has 2 N–H and O–H groups in total. The Bertz CT molecular complexity index is 253. The van der Waals surface area contributed by atoms with E-state index < -0.39 is 0 Å². The van der Waals surface area contributed by atoms with Crippen LogP contribution in [0.5, 0.6) is 0 Å². The van der Waals surface area contributed by atoms with Gasteiger partial charge in [0.15, 0.2) is 0 Å². The summed E-state index contributed by atoms with van der Waals surface area (Å²) in [6.45, 7) is 9.16. The summed E-state index contributed by atoms with van der Waals surface area (Å²) < 4.78 is 0. The Morgan fingerprint density at radius 1 is 1.38 bits per heavy atom. The first-order valence-electron chi connectivity index (χ1n) is 5.79. The summed E-state index contributed by atoms with van der Waals surface area (Å²) >= 11 is 0. The van der Waals surface area contributed by atoms with E-state index in [1.807, 2.05) is 27.7 Å². The number of rotatable bonds is 7. The molecule has 0 unspecified atom stereocenters. The normalized spacial score (nSPS) is 11.2. The molecular formula is C12H23N3O. The van der Waals surface area contributed by atoms with Crippen LogP contribution in [0.25, 0.3) is 0 Å². The molecule has 0 saturated carbocycles.